The van der Waals surface area contributed by atoms with Crippen molar-refractivity contribution in [1.29, 1.82) is 0 Å². The zero-order chi connectivity index (χ0) is 12.0. The summed E-state index contributed by atoms with van der Waals surface area (Å²) in [6.07, 6.45) is 4.16. The van der Waals surface area contributed by atoms with Crippen LogP contribution in [0.3, 0.4) is 0 Å². The third kappa shape index (κ3) is 3.39. The molecule has 1 aromatic rings. The first-order valence-corrected chi connectivity index (χ1v) is 6.93. The minimum absolute atomic E-state index is 0.399. The van der Waals surface area contributed by atoms with Gasteiger partial charge < -0.3 is 10.5 Å². The Bertz CT molecular complexity index is 366. The van der Waals surface area contributed by atoms with Crippen LogP contribution < -0.4 is 10.5 Å². The highest BCUT2D eigenvalue weighted by Gasteiger charge is 2.11. The fraction of sp³-hybridized carbons (Fsp3) is 0.417. The third-order valence-corrected chi connectivity index (χ3v) is 3.19. The van der Waals surface area contributed by atoms with Crippen LogP contribution in [0, 0.1) is 0 Å². The van der Waals surface area contributed by atoms with Gasteiger partial charge in [0.25, 0.3) is 0 Å². The van der Waals surface area contributed by atoms with Gasteiger partial charge in [-0.3, -0.25) is 0 Å². The van der Waals surface area contributed by atoms with E-state index in [0.717, 1.165) is 29.1 Å². The molecular weight excluding hydrogens is 238 g/mol. The minimum atomic E-state index is 0.399. The van der Waals surface area contributed by atoms with Gasteiger partial charge in [-0.25, -0.2) is 0 Å². The molecule has 0 fully saturated rings. The van der Waals surface area contributed by atoms with Crippen molar-refractivity contribution in [2.75, 3.05) is 12.9 Å². The van der Waals surface area contributed by atoms with Crippen molar-refractivity contribution >= 4 is 29.0 Å². The van der Waals surface area contributed by atoms with Gasteiger partial charge in [-0.1, -0.05) is 31.6 Å². The molecular formula is C12H17NOS2. The zero-order valence-electron chi connectivity index (χ0n) is 9.66. The van der Waals surface area contributed by atoms with E-state index >= 15 is 0 Å². The molecule has 0 saturated carbocycles. The molecule has 0 aliphatic carbocycles. The van der Waals surface area contributed by atoms with Gasteiger partial charge in [-0.2, -0.15) is 0 Å². The SMILES string of the molecule is CCCCOc1cccc(SC)c1C(N)=S. The van der Waals surface area contributed by atoms with Crippen LogP contribution in [0.4, 0.5) is 0 Å². The second kappa shape index (κ2) is 6.76. The highest BCUT2D eigenvalue weighted by Crippen LogP contribution is 2.28. The Hall–Kier alpha value is -0.740. The van der Waals surface area contributed by atoms with Crippen molar-refractivity contribution < 1.29 is 4.74 Å². The summed E-state index contributed by atoms with van der Waals surface area (Å²) in [6, 6.07) is 5.89. The second-order valence-electron chi connectivity index (χ2n) is 3.40. The van der Waals surface area contributed by atoms with Gasteiger partial charge >= 0.3 is 0 Å². The average molecular weight is 255 g/mol. The molecule has 2 N–H and O–H groups in total. The standard InChI is InChI=1S/C12H17NOS2/c1-3-4-8-14-9-6-5-7-10(16-2)11(9)12(13)15/h5-7H,3-4,8H2,1-2H3,(H2,13,15). The Balaban J connectivity index is 2.93. The number of ether oxygens (including phenoxy) is 1. The Morgan fingerprint density at radius 1 is 1.50 bits per heavy atom. The summed E-state index contributed by atoms with van der Waals surface area (Å²) in [4.78, 5) is 1.47. The first-order chi connectivity index (χ1) is 7.70. The van der Waals surface area contributed by atoms with Crippen LogP contribution in [0.15, 0.2) is 23.1 Å². The Kier molecular flexibility index (Phi) is 5.63. The second-order valence-corrected chi connectivity index (χ2v) is 4.69. The van der Waals surface area contributed by atoms with E-state index in [9.17, 15) is 0 Å². The van der Waals surface area contributed by atoms with E-state index in [2.05, 4.69) is 6.92 Å². The maximum atomic E-state index is 5.73. The Labute approximate surface area is 107 Å². The summed E-state index contributed by atoms with van der Waals surface area (Å²) in [6.45, 7) is 2.85. The molecule has 2 nitrogen and oxygen atoms in total. The predicted octanol–water partition coefficient (Wildman–Crippen LogP) is 3.22. The van der Waals surface area contributed by atoms with Gasteiger partial charge in [0.2, 0.25) is 0 Å². The van der Waals surface area contributed by atoms with Crippen LogP contribution in [0.1, 0.15) is 25.3 Å². The van der Waals surface area contributed by atoms with E-state index in [1.54, 1.807) is 11.8 Å². The van der Waals surface area contributed by atoms with Gasteiger partial charge in [0.05, 0.1) is 12.2 Å². The summed E-state index contributed by atoms with van der Waals surface area (Å²) in [5, 5.41) is 0. The van der Waals surface area contributed by atoms with E-state index in [1.165, 1.54) is 0 Å². The molecule has 0 heterocycles. The minimum Gasteiger partial charge on any atom is -0.493 e. The molecule has 88 valence electrons. The van der Waals surface area contributed by atoms with Gasteiger partial charge in [0.15, 0.2) is 0 Å². The number of unbranched alkanes of at least 4 members (excludes halogenated alkanes) is 1. The first-order valence-electron chi connectivity index (χ1n) is 5.30. The van der Waals surface area contributed by atoms with Gasteiger partial charge in [0, 0.05) is 4.90 Å². The highest BCUT2D eigenvalue weighted by atomic mass is 32.2. The molecule has 16 heavy (non-hydrogen) atoms. The number of nitrogens with two attached hydrogens (primary N) is 1. The van der Waals surface area contributed by atoms with Crippen LogP contribution in [-0.2, 0) is 0 Å². The molecule has 1 aromatic carbocycles. The van der Waals surface area contributed by atoms with E-state index in [0.29, 0.717) is 11.6 Å². The molecule has 1 rings (SSSR count). The molecule has 0 bridgehead atoms. The molecule has 4 heteroatoms. The molecule has 0 unspecified atom stereocenters. The van der Waals surface area contributed by atoms with Crippen molar-refractivity contribution in [3.05, 3.63) is 23.8 Å². The monoisotopic (exact) mass is 255 g/mol. The van der Waals surface area contributed by atoms with Crippen molar-refractivity contribution in [3.63, 3.8) is 0 Å². The van der Waals surface area contributed by atoms with E-state index in [4.69, 9.17) is 22.7 Å². The van der Waals surface area contributed by atoms with Gasteiger partial charge in [-0.15, -0.1) is 11.8 Å². The van der Waals surface area contributed by atoms with E-state index < -0.39 is 0 Å². The average Bonchev–Trinajstić information content (AvgIpc) is 2.28. The van der Waals surface area contributed by atoms with E-state index in [1.807, 2.05) is 24.5 Å². The lowest BCUT2D eigenvalue weighted by atomic mass is 10.2. The van der Waals surface area contributed by atoms with Crippen LogP contribution in [0.2, 0.25) is 0 Å². The number of rotatable bonds is 6. The summed E-state index contributed by atoms with van der Waals surface area (Å²) in [5.41, 5.74) is 6.60. The molecule has 0 aliphatic heterocycles. The fourth-order valence-electron chi connectivity index (χ4n) is 1.37. The summed E-state index contributed by atoms with van der Waals surface area (Å²) >= 11 is 6.70. The van der Waals surface area contributed by atoms with Gasteiger partial charge in [0.1, 0.15) is 10.7 Å². The zero-order valence-corrected chi connectivity index (χ0v) is 11.3. The van der Waals surface area contributed by atoms with Crippen LogP contribution in [0.25, 0.3) is 0 Å². The lowest BCUT2D eigenvalue weighted by molar-refractivity contribution is 0.308. The lowest BCUT2D eigenvalue weighted by Gasteiger charge is -2.13. The number of hydrogen-bond acceptors (Lipinski definition) is 3. The number of thioether (sulfide) groups is 1. The molecule has 0 spiro atoms. The lowest BCUT2D eigenvalue weighted by Crippen LogP contribution is -2.13. The number of thiocarbonyl (C=S) groups is 1. The summed E-state index contributed by atoms with van der Waals surface area (Å²) in [5.74, 6) is 0.799. The van der Waals surface area contributed by atoms with Crippen LogP contribution in [-0.4, -0.2) is 17.9 Å². The Morgan fingerprint density at radius 3 is 2.81 bits per heavy atom. The van der Waals surface area contributed by atoms with Gasteiger partial charge in [-0.05, 0) is 24.8 Å². The molecule has 0 saturated heterocycles. The van der Waals surface area contributed by atoms with Crippen molar-refractivity contribution in [2.45, 2.75) is 24.7 Å². The summed E-state index contributed by atoms with van der Waals surface area (Å²) in [7, 11) is 0. The smallest absolute Gasteiger partial charge is 0.130 e. The summed E-state index contributed by atoms with van der Waals surface area (Å²) < 4.78 is 5.70. The molecule has 0 aromatic heterocycles. The number of benzene rings is 1. The largest absolute Gasteiger partial charge is 0.493 e. The van der Waals surface area contributed by atoms with Crippen LogP contribution >= 0.6 is 24.0 Å². The fourth-order valence-corrected chi connectivity index (χ4v) is 2.28. The van der Waals surface area contributed by atoms with Crippen LogP contribution in [0.5, 0.6) is 5.75 Å². The topological polar surface area (TPSA) is 35.2 Å². The maximum absolute atomic E-state index is 5.73. The Morgan fingerprint density at radius 2 is 2.25 bits per heavy atom. The van der Waals surface area contributed by atoms with Crippen molar-refractivity contribution in [2.24, 2.45) is 5.73 Å². The first kappa shape index (κ1) is 13.3. The van der Waals surface area contributed by atoms with Crippen molar-refractivity contribution in [3.8, 4) is 5.75 Å². The molecule has 0 amide bonds. The molecule has 0 radical (unpaired) electrons. The number of hydrogen-bond donors (Lipinski definition) is 1. The predicted molar refractivity (Wildman–Crippen MR) is 74.5 cm³/mol. The quantitative estimate of drug-likeness (QED) is 0.481. The third-order valence-electron chi connectivity index (χ3n) is 2.21. The highest BCUT2D eigenvalue weighted by molar-refractivity contribution is 7.98. The van der Waals surface area contributed by atoms with E-state index in [-0.39, 0.29) is 0 Å². The van der Waals surface area contributed by atoms with Crippen molar-refractivity contribution in [1.82, 2.24) is 0 Å². The maximum Gasteiger partial charge on any atom is 0.130 e. The normalized spacial score (nSPS) is 10.1. The molecule has 0 atom stereocenters. The molecule has 0 aliphatic rings.